The number of aromatic nitrogens is 2. The van der Waals surface area contributed by atoms with Crippen molar-refractivity contribution >= 4 is 11.7 Å². The molecule has 3 aromatic rings. The highest BCUT2D eigenvalue weighted by Crippen LogP contribution is 2.27. The molecule has 1 amide bonds. The molecule has 0 unspecified atom stereocenters. The number of benzene rings is 2. The van der Waals surface area contributed by atoms with Crippen molar-refractivity contribution in [2.75, 3.05) is 11.9 Å². The second-order valence-electron chi connectivity index (χ2n) is 6.69. The maximum absolute atomic E-state index is 12.3. The van der Waals surface area contributed by atoms with Gasteiger partial charge < -0.3 is 14.8 Å². The number of amides is 1. The molecule has 0 aliphatic heterocycles. The van der Waals surface area contributed by atoms with E-state index in [1.807, 2.05) is 70.2 Å². The zero-order chi connectivity index (χ0) is 20.1. The Bertz CT molecular complexity index is 949. The first kappa shape index (κ1) is 19.4. The normalized spacial score (nSPS) is 10.8. The summed E-state index contributed by atoms with van der Waals surface area (Å²) in [5.41, 5.74) is 3.30. The summed E-state index contributed by atoms with van der Waals surface area (Å²) in [5.74, 6) is 1.32. The molecule has 0 bridgehead atoms. The number of anilines is 1. The van der Waals surface area contributed by atoms with E-state index >= 15 is 0 Å². The van der Waals surface area contributed by atoms with Crippen LogP contribution in [0.1, 0.15) is 25.0 Å². The largest absolute Gasteiger partial charge is 0.491 e. The van der Waals surface area contributed by atoms with Gasteiger partial charge in [0, 0.05) is 5.56 Å². The van der Waals surface area contributed by atoms with E-state index in [-0.39, 0.29) is 24.4 Å². The standard InChI is InChI=1S/C21H23N3O4/c1-13(2)27-17-10-8-16(9-11-17)20-21(24-28-23-20)22-19(25)12-26-18-7-5-6-14(3)15(18)4/h5-11,13H,12H2,1-4H3,(H,22,24,25). The predicted molar refractivity (Wildman–Crippen MR) is 106 cm³/mol. The minimum Gasteiger partial charge on any atom is -0.491 e. The third kappa shape index (κ3) is 4.68. The van der Waals surface area contributed by atoms with Crippen LogP contribution in [0.15, 0.2) is 47.1 Å². The molecule has 7 nitrogen and oxygen atoms in total. The van der Waals surface area contributed by atoms with Crippen molar-refractivity contribution in [3.8, 4) is 22.8 Å². The van der Waals surface area contributed by atoms with Crippen LogP contribution in [-0.2, 0) is 4.79 Å². The number of carbonyl (C=O) groups excluding carboxylic acids is 1. The number of ether oxygens (including phenoxy) is 2. The Morgan fingerprint density at radius 3 is 2.57 bits per heavy atom. The van der Waals surface area contributed by atoms with Gasteiger partial charge >= 0.3 is 0 Å². The van der Waals surface area contributed by atoms with Gasteiger partial charge in [-0.2, -0.15) is 0 Å². The maximum atomic E-state index is 12.3. The Morgan fingerprint density at radius 1 is 1.11 bits per heavy atom. The Balaban J connectivity index is 1.65. The Kier molecular flexibility index (Phi) is 5.93. The van der Waals surface area contributed by atoms with Gasteiger partial charge in [0.15, 0.2) is 12.3 Å². The van der Waals surface area contributed by atoms with E-state index in [4.69, 9.17) is 14.1 Å². The van der Waals surface area contributed by atoms with E-state index in [9.17, 15) is 4.79 Å². The van der Waals surface area contributed by atoms with E-state index in [0.29, 0.717) is 11.4 Å². The molecule has 0 radical (unpaired) electrons. The van der Waals surface area contributed by atoms with Crippen LogP contribution in [0, 0.1) is 13.8 Å². The topological polar surface area (TPSA) is 86.5 Å². The molecule has 3 rings (SSSR count). The highest BCUT2D eigenvalue weighted by atomic mass is 16.6. The molecular weight excluding hydrogens is 358 g/mol. The van der Waals surface area contributed by atoms with Gasteiger partial charge in [-0.1, -0.05) is 12.1 Å². The number of carbonyl (C=O) groups is 1. The van der Waals surface area contributed by atoms with Crippen LogP contribution in [0.2, 0.25) is 0 Å². The van der Waals surface area contributed by atoms with Crippen molar-refractivity contribution in [1.29, 1.82) is 0 Å². The van der Waals surface area contributed by atoms with Gasteiger partial charge in [-0.05, 0) is 79.5 Å². The van der Waals surface area contributed by atoms with Crippen molar-refractivity contribution < 1.29 is 18.9 Å². The van der Waals surface area contributed by atoms with E-state index in [0.717, 1.165) is 22.4 Å². The van der Waals surface area contributed by atoms with Crippen molar-refractivity contribution in [3.05, 3.63) is 53.6 Å². The van der Waals surface area contributed by atoms with Gasteiger partial charge in [-0.15, -0.1) is 0 Å². The van der Waals surface area contributed by atoms with E-state index < -0.39 is 0 Å². The fourth-order valence-corrected chi connectivity index (χ4v) is 2.62. The Hall–Kier alpha value is -3.35. The lowest BCUT2D eigenvalue weighted by atomic mass is 10.1. The quantitative estimate of drug-likeness (QED) is 0.661. The van der Waals surface area contributed by atoms with Crippen LogP contribution in [0.5, 0.6) is 11.5 Å². The highest BCUT2D eigenvalue weighted by molar-refractivity contribution is 5.94. The fourth-order valence-electron chi connectivity index (χ4n) is 2.62. The summed E-state index contributed by atoms with van der Waals surface area (Å²) in [5, 5.41) is 10.4. The second-order valence-corrected chi connectivity index (χ2v) is 6.69. The van der Waals surface area contributed by atoms with Gasteiger partial charge in [-0.3, -0.25) is 4.79 Å². The SMILES string of the molecule is Cc1cccc(OCC(=O)Nc2nonc2-c2ccc(OC(C)C)cc2)c1C. The van der Waals surface area contributed by atoms with Crippen LogP contribution in [0.25, 0.3) is 11.3 Å². The van der Waals surface area contributed by atoms with Crippen LogP contribution >= 0.6 is 0 Å². The van der Waals surface area contributed by atoms with Crippen LogP contribution < -0.4 is 14.8 Å². The summed E-state index contributed by atoms with van der Waals surface area (Å²) in [6.07, 6.45) is 0.0893. The van der Waals surface area contributed by atoms with Gasteiger partial charge in [0.05, 0.1) is 6.10 Å². The molecule has 0 atom stereocenters. The summed E-state index contributed by atoms with van der Waals surface area (Å²) in [4.78, 5) is 12.3. The molecule has 146 valence electrons. The van der Waals surface area contributed by atoms with Gasteiger partial charge in [0.2, 0.25) is 5.82 Å². The molecular formula is C21H23N3O4. The minimum atomic E-state index is -0.349. The molecule has 0 saturated carbocycles. The van der Waals surface area contributed by atoms with Gasteiger partial charge in [0.1, 0.15) is 11.5 Å². The molecule has 28 heavy (non-hydrogen) atoms. The van der Waals surface area contributed by atoms with Crippen molar-refractivity contribution in [2.45, 2.75) is 33.8 Å². The average molecular weight is 381 g/mol. The summed E-state index contributed by atoms with van der Waals surface area (Å²) >= 11 is 0. The number of rotatable bonds is 7. The van der Waals surface area contributed by atoms with Crippen LogP contribution in [0.3, 0.4) is 0 Å². The number of hydrogen-bond donors (Lipinski definition) is 1. The van der Waals surface area contributed by atoms with E-state index in [1.165, 1.54) is 0 Å². The fraction of sp³-hybridized carbons (Fsp3) is 0.286. The average Bonchev–Trinajstić information content (AvgIpc) is 3.11. The van der Waals surface area contributed by atoms with Gasteiger partial charge in [-0.25, -0.2) is 4.63 Å². The number of nitrogens with one attached hydrogen (secondary N) is 1. The summed E-state index contributed by atoms with van der Waals surface area (Å²) in [6, 6.07) is 13.0. The zero-order valence-corrected chi connectivity index (χ0v) is 16.4. The van der Waals surface area contributed by atoms with Crippen molar-refractivity contribution in [3.63, 3.8) is 0 Å². The molecule has 1 heterocycles. The monoisotopic (exact) mass is 381 g/mol. The Labute approximate surface area is 163 Å². The first-order chi connectivity index (χ1) is 13.4. The molecule has 0 fully saturated rings. The van der Waals surface area contributed by atoms with E-state index in [1.54, 1.807) is 0 Å². The minimum absolute atomic E-state index is 0.0893. The smallest absolute Gasteiger partial charge is 0.263 e. The first-order valence-corrected chi connectivity index (χ1v) is 9.02. The molecule has 0 spiro atoms. The summed E-state index contributed by atoms with van der Waals surface area (Å²) in [7, 11) is 0. The molecule has 7 heteroatoms. The predicted octanol–water partition coefficient (Wildman–Crippen LogP) is 4.16. The van der Waals surface area contributed by atoms with Crippen molar-refractivity contribution in [1.82, 2.24) is 10.3 Å². The van der Waals surface area contributed by atoms with Gasteiger partial charge in [0.25, 0.3) is 5.91 Å². The zero-order valence-electron chi connectivity index (χ0n) is 16.4. The number of nitrogens with zero attached hydrogens (tertiary/aromatic N) is 2. The number of aryl methyl sites for hydroxylation is 1. The van der Waals surface area contributed by atoms with E-state index in [2.05, 4.69) is 15.6 Å². The first-order valence-electron chi connectivity index (χ1n) is 9.02. The van der Waals surface area contributed by atoms with Crippen LogP contribution in [-0.4, -0.2) is 28.9 Å². The maximum Gasteiger partial charge on any atom is 0.263 e. The third-order valence-corrected chi connectivity index (χ3v) is 4.16. The van der Waals surface area contributed by atoms with Crippen LogP contribution in [0.4, 0.5) is 5.82 Å². The lowest BCUT2D eigenvalue weighted by Gasteiger charge is -2.11. The summed E-state index contributed by atoms with van der Waals surface area (Å²) in [6.45, 7) is 7.73. The van der Waals surface area contributed by atoms with Crippen molar-refractivity contribution in [2.24, 2.45) is 0 Å². The lowest BCUT2D eigenvalue weighted by molar-refractivity contribution is -0.118. The molecule has 0 aliphatic carbocycles. The second kappa shape index (κ2) is 8.56. The lowest BCUT2D eigenvalue weighted by Crippen LogP contribution is -2.21. The summed E-state index contributed by atoms with van der Waals surface area (Å²) < 4.78 is 16.1. The third-order valence-electron chi connectivity index (χ3n) is 4.16. The molecule has 0 aliphatic rings. The highest BCUT2D eigenvalue weighted by Gasteiger charge is 2.16. The molecule has 1 aromatic heterocycles. The molecule has 0 saturated heterocycles. The Morgan fingerprint density at radius 2 is 1.86 bits per heavy atom. The molecule has 2 aromatic carbocycles. The molecule has 1 N–H and O–H groups in total. The number of hydrogen-bond acceptors (Lipinski definition) is 6.